The van der Waals surface area contributed by atoms with E-state index >= 15 is 0 Å². The number of cyclic esters (lactones) is 1. The normalized spacial score (nSPS) is 27.3. The van der Waals surface area contributed by atoms with Crippen LogP contribution in [0.15, 0.2) is 9.95 Å². The molecule has 0 radical (unpaired) electrons. The summed E-state index contributed by atoms with van der Waals surface area (Å²) < 4.78 is 12.7. The summed E-state index contributed by atoms with van der Waals surface area (Å²) in [5, 5.41) is 1.14. The molecule has 8 heteroatoms. The predicted octanol–water partition coefficient (Wildman–Crippen LogP) is 3.17. The van der Waals surface area contributed by atoms with Gasteiger partial charge in [-0.1, -0.05) is 18.7 Å². The number of aryl methyl sites for hydroxylation is 1. The largest absolute Gasteiger partial charge is 0.465 e. The molecule has 0 unspecified atom stereocenters. The molecule has 0 saturated carbocycles. The van der Waals surface area contributed by atoms with Gasteiger partial charge >= 0.3 is 5.97 Å². The van der Waals surface area contributed by atoms with Crippen molar-refractivity contribution in [3.63, 3.8) is 0 Å². The topological polar surface area (TPSA) is 70.4 Å². The Balaban J connectivity index is 1.61. The van der Waals surface area contributed by atoms with E-state index in [1.165, 1.54) is 22.2 Å². The summed E-state index contributed by atoms with van der Waals surface area (Å²) >= 11 is 3.03. The van der Waals surface area contributed by atoms with E-state index < -0.39 is 0 Å². The summed E-state index contributed by atoms with van der Waals surface area (Å²) in [5.74, 6) is 0.444. The number of carbonyl (C=O) groups excluding carboxylic acids is 1. The molecule has 5 rings (SSSR count). The van der Waals surface area contributed by atoms with E-state index in [-0.39, 0.29) is 22.9 Å². The summed E-state index contributed by atoms with van der Waals surface area (Å²) in [7, 11) is 0. The van der Waals surface area contributed by atoms with Crippen LogP contribution in [0.25, 0.3) is 10.2 Å². The van der Waals surface area contributed by atoms with E-state index in [0.717, 1.165) is 48.9 Å². The van der Waals surface area contributed by atoms with Crippen LogP contribution in [0.1, 0.15) is 43.0 Å². The lowest BCUT2D eigenvalue weighted by Crippen LogP contribution is -2.30. The van der Waals surface area contributed by atoms with Crippen LogP contribution in [0.3, 0.4) is 0 Å². The molecule has 3 aliphatic rings. The molecule has 2 aromatic rings. The number of thiophene rings is 1. The van der Waals surface area contributed by atoms with E-state index in [2.05, 4.69) is 6.92 Å². The Labute approximate surface area is 171 Å². The van der Waals surface area contributed by atoms with Crippen LogP contribution in [0, 0.1) is 5.92 Å². The minimum absolute atomic E-state index is 0.0291. The number of esters is 1. The summed E-state index contributed by atoms with van der Waals surface area (Å²) in [6, 6.07) is 0. The molecule has 0 spiro atoms. The average Bonchev–Trinajstić information content (AvgIpc) is 3.39. The third kappa shape index (κ3) is 3.29. The molecule has 0 bridgehead atoms. The zero-order valence-electron chi connectivity index (χ0n) is 15.9. The first-order chi connectivity index (χ1) is 13.6. The van der Waals surface area contributed by atoms with Gasteiger partial charge in [-0.15, -0.1) is 11.3 Å². The molecule has 3 atom stereocenters. The van der Waals surface area contributed by atoms with Gasteiger partial charge in [0.05, 0.1) is 24.6 Å². The van der Waals surface area contributed by atoms with Crippen LogP contribution >= 0.6 is 23.1 Å². The monoisotopic (exact) mass is 420 g/mol. The molecule has 2 fully saturated rings. The van der Waals surface area contributed by atoms with Crippen LogP contribution in [-0.4, -0.2) is 40.1 Å². The lowest BCUT2D eigenvalue weighted by Gasteiger charge is -2.18. The highest BCUT2D eigenvalue weighted by atomic mass is 32.2. The fourth-order valence-electron chi connectivity index (χ4n) is 4.36. The van der Waals surface area contributed by atoms with Gasteiger partial charge in [0.25, 0.3) is 5.56 Å². The zero-order valence-corrected chi connectivity index (χ0v) is 17.6. The maximum atomic E-state index is 13.6. The smallest absolute Gasteiger partial charge is 0.319 e. The van der Waals surface area contributed by atoms with Gasteiger partial charge in [0.15, 0.2) is 5.16 Å². The summed E-state index contributed by atoms with van der Waals surface area (Å²) in [6.45, 7) is 3.97. The number of carbonyl (C=O) groups is 1. The number of aromatic nitrogens is 2. The molecular formula is C20H24N2O4S2. The van der Waals surface area contributed by atoms with Gasteiger partial charge < -0.3 is 9.47 Å². The number of nitrogens with zero attached hydrogens (tertiary/aromatic N) is 2. The van der Waals surface area contributed by atoms with Gasteiger partial charge in [0, 0.05) is 17.9 Å². The number of hydrogen-bond donors (Lipinski definition) is 0. The molecule has 1 aliphatic carbocycles. The fourth-order valence-corrected chi connectivity index (χ4v) is 6.85. The first-order valence-corrected chi connectivity index (χ1v) is 11.8. The first-order valence-electron chi connectivity index (χ1n) is 10.1. The van der Waals surface area contributed by atoms with Crippen molar-refractivity contribution in [1.82, 2.24) is 9.55 Å². The van der Waals surface area contributed by atoms with Crippen LogP contribution in [-0.2, 0) is 33.7 Å². The Morgan fingerprint density at radius 1 is 1.25 bits per heavy atom. The van der Waals surface area contributed by atoms with E-state index in [1.807, 2.05) is 0 Å². The van der Waals surface area contributed by atoms with Crippen molar-refractivity contribution < 1.29 is 14.3 Å². The van der Waals surface area contributed by atoms with Gasteiger partial charge in [0.2, 0.25) is 0 Å². The minimum Gasteiger partial charge on any atom is -0.465 e. The summed E-state index contributed by atoms with van der Waals surface area (Å²) in [5.41, 5.74) is 1.23. The SMILES string of the molecule is C[C@H]1CCc2c(sc3nc(S[C@H]4CCOC4=O)n(C[C@@H]4CCCO4)c(=O)c23)C1. The summed E-state index contributed by atoms with van der Waals surface area (Å²) in [6.07, 6.45) is 5.79. The van der Waals surface area contributed by atoms with Crippen LogP contribution in [0.2, 0.25) is 0 Å². The second kappa shape index (κ2) is 7.46. The second-order valence-corrected chi connectivity index (χ2v) is 10.3. The molecule has 0 N–H and O–H groups in total. The minimum atomic E-state index is -0.283. The number of ether oxygens (including phenoxy) is 2. The second-order valence-electron chi connectivity index (χ2n) is 8.04. The van der Waals surface area contributed by atoms with Gasteiger partial charge in [-0.3, -0.25) is 14.2 Å². The third-order valence-corrected chi connectivity index (χ3v) is 8.31. The van der Waals surface area contributed by atoms with Crippen molar-refractivity contribution in [2.24, 2.45) is 5.92 Å². The number of rotatable bonds is 4. The fraction of sp³-hybridized carbons (Fsp3) is 0.650. The van der Waals surface area contributed by atoms with Crippen molar-refractivity contribution in [2.75, 3.05) is 13.2 Å². The third-order valence-electron chi connectivity index (χ3n) is 5.93. The average molecular weight is 421 g/mol. The highest BCUT2D eigenvalue weighted by molar-refractivity contribution is 8.00. The predicted molar refractivity (Wildman–Crippen MR) is 109 cm³/mol. The van der Waals surface area contributed by atoms with Gasteiger partial charge in [-0.2, -0.15) is 0 Å². The Morgan fingerprint density at radius 2 is 2.14 bits per heavy atom. The van der Waals surface area contributed by atoms with E-state index in [9.17, 15) is 9.59 Å². The number of thioether (sulfide) groups is 1. The van der Waals surface area contributed by atoms with Crippen molar-refractivity contribution in [2.45, 2.75) is 68.5 Å². The summed E-state index contributed by atoms with van der Waals surface area (Å²) in [4.78, 5) is 32.6. The maximum absolute atomic E-state index is 13.6. The van der Waals surface area contributed by atoms with Crippen LogP contribution in [0.4, 0.5) is 0 Å². The molecular weight excluding hydrogens is 396 g/mol. The molecule has 28 heavy (non-hydrogen) atoms. The molecule has 0 amide bonds. The molecule has 4 heterocycles. The maximum Gasteiger partial charge on any atom is 0.319 e. The molecule has 2 saturated heterocycles. The Bertz CT molecular complexity index is 977. The molecule has 0 aromatic carbocycles. The van der Waals surface area contributed by atoms with Crippen molar-refractivity contribution in [3.05, 3.63) is 20.8 Å². The van der Waals surface area contributed by atoms with Crippen molar-refractivity contribution >= 4 is 39.3 Å². The Hall–Kier alpha value is -1.38. The van der Waals surface area contributed by atoms with Crippen molar-refractivity contribution in [3.8, 4) is 0 Å². The van der Waals surface area contributed by atoms with Crippen molar-refractivity contribution in [1.29, 1.82) is 0 Å². The Morgan fingerprint density at radius 3 is 2.89 bits per heavy atom. The first kappa shape index (κ1) is 18.6. The zero-order chi connectivity index (χ0) is 19.3. The number of hydrogen-bond acceptors (Lipinski definition) is 7. The highest BCUT2D eigenvalue weighted by Gasteiger charge is 2.31. The van der Waals surface area contributed by atoms with E-state index in [1.54, 1.807) is 15.9 Å². The van der Waals surface area contributed by atoms with Crippen LogP contribution in [0.5, 0.6) is 0 Å². The molecule has 2 aromatic heterocycles. The van der Waals surface area contributed by atoms with Gasteiger partial charge in [-0.05, 0) is 43.6 Å². The standard InChI is InChI=1S/C20H24N2O4S2/c1-11-4-5-13-15(9-11)27-17-16(13)18(23)22(10-12-3-2-7-25-12)20(21-17)28-14-6-8-26-19(14)24/h11-12,14H,2-10H2,1H3/t11-,12-,14-/m0/s1. The van der Waals surface area contributed by atoms with E-state index in [4.69, 9.17) is 14.5 Å². The molecule has 2 aliphatic heterocycles. The molecule has 6 nitrogen and oxygen atoms in total. The molecule has 150 valence electrons. The highest BCUT2D eigenvalue weighted by Crippen LogP contribution is 2.37. The Kier molecular flexibility index (Phi) is 4.97. The van der Waals surface area contributed by atoms with Gasteiger partial charge in [-0.25, -0.2) is 4.98 Å². The van der Waals surface area contributed by atoms with Crippen LogP contribution < -0.4 is 5.56 Å². The van der Waals surface area contributed by atoms with E-state index in [0.29, 0.717) is 30.6 Å². The lowest BCUT2D eigenvalue weighted by molar-refractivity contribution is -0.137. The number of fused-ring (bicyclic) bond motifs is 3. The van der Waals surface area contributed by atoms with Gasteiger partial charge in [0.1, 0.15) is 10.1 Å². The lowest BCUT2D eigenvalue weighted by atomic mass is 9.89. The quantitative estimate of drug-likeness (QED) is 0.559.